The van der Waals surface area contributed by atoms with Gasteiger partial charge in [0, 0.05) is 30.2 Å². The lowest BCUT2D eigenvalue weighted by molar-refractivity contribution is 0.414. The van der Waals surface area contributed by atoms with Gasteiger partial charge in [-0.25, -0.2) is 13.4 Å². The van der Waals surface area contributed by atoms with E-state index in [4.69, 9.17) is 9.72 Å². The molecule has 2 aromatic carbocycles. The number of alkyl halides is 1. The molecule has 164 valence electrons. The monoisotopic (exact) mass is 520 g/mol. The number of halogens is 1. The Morgan fingerprint density at radius 3 is 2.55 bits per heavy atom. The van der Waals surface area contributed by atoms with Gasteiger partial charge in [-0.1, -0.05) is 40.2 Å². The van der Waals surface area contributed by atoms with E-state index in [1.807, 2.05) is 30.3 Å². The summed E-state index contributed by atoms with van der Waals surface area (Å²) in [6, 6.07) is 15.2. The molecule has 2 heterocycles. The van der Waals surface area contributed by atoms with Crippen molar-refractivity contribution in [3.8, 4) is 5.75 Å². The van der Waals surface area contributed by atoms with Crippen LogP contribution in [-0.2, 0) is 21.6 Å². The molecule has 1 fully saturated rings. The number of piperidine rings is 1. The highest BCUT2D eigenvalue weighted by Crippen LogP contribution is 2.30. The zero-order chi connectivity index (χ0) is 21.8. The highest BCUT2D eigenvalue weighted by Gasteiger charge is 2.32. The largest absolute Gasteiger partial charge is 0.497 e. The van der Waals surface area contributed by atoms with Crippen molar-refractivity contribution in [2.45, 2.75) is 34.7 Å². The summed E-state index contributed by atoms with van der Waals surface area (Å²) in [6.07, 6.45) is 1.99. The number of aromatic nitrogens is 1. The smallest absolute Gasteiger partial charge is 0.185 e. The standard InChI is InChI=1S/C23H25BrN2O3S2/c1-29-20-4-2-3-18(14-20)13-19-16-30-23(25-19)26-11-9-22(10-12-26)31(27,28)21-7-5-17(15-24)6-8-21/h2-8,14,16,22H,9-13,15H2,1H3. The molecule has 0 radical (unpaired) electrons. The van der Waals surface area contributed by atoms with Crippen molar-refractivity contribution in [1.29, 1.82) is 0 Å². The Hall–Kier alpha value is -1.90. The number of ether oxygens (including phenoxy) is 1. The molecule has 1 aromatic heterocycles. The van der Waals surface area contributed by atoms with Gasteiger partial charge in [0.25, 0.3) is 0 Å². The fourth-order valence-electron chi connectivity index (χ4n) is 3.83. The SMILES string of the molecule is COc1cccc(Cc2csc(N3CCC(S(=O)(=O)c4ccc(CBr)cc4)CC3)n2)c1. The number of methoxy groups -OCH3 is 1. The topological polar surface area (TPSA) is 59.5 Å². The van der Waals surface area contributed by atoms with Gasteiger partial charge in [-0.3, -0.25) is 0 Å². The fourth-order valence-corrected chi connectivity index (χ4v) is 6.82. The maximum absolute atomic E-state index is 13.0. The number of thiazole rings is 1. The van der Waals surface area contributed by atoms with E-state index in [0.717, 1.165) is 39.5 Å². The summed E-state index contributed by atoms with van der Waals surface area (Å²) >= 11 is 5.02. The van der Waals surface area contributed by atoms with Crippen LogP contribution in [0.2, 0.25) is 0 Å². The molecular weight excluding hydrogens is 496 g/mol. The van der Waals surface area contributed by atoms with Gasteiger partial charge in [0.15, 0.2) is 15.0 Å². The maximum atomic E-state index is 13.0. The number of hydrogen-bond acceptors (Lipinski definition) is 6. The molecule has 0 N–H and O–H groups in total. The van der Waals surface area contributed by atoms with Crippen molar-refractivity contribution in [2.75, 3.05) is 25.1 Å². The Labute approximate surface area is 196 Å². The lowest BCUT2D eigenvalue weighted by Gasteiger charge is -2.31. The van der Waals surface area contributed by atoms with Crippen LogP contribution in [0.15, 0.2) is 58.8 Å². The minimum absolute atomic E-state index is 0.338. The highest BCUT2D eigenvalue weighted by atomic mass is 79.9. The molecule has 0 amide bonds. The van der Waals surface area contributed by atoms with Gasteiger partial charge in [0.1, 0.15) is 5.75 Å². The Kier molecular flexibility index (Phi) is 6.99. The summed E-state index contributed by atoms with van der Waals surface area (Å²) in [6.45, 7) is 1.41. The molecule has 4 rings (SSSR count). The van der Waals surface area contributed by atoms with Gasteiger partial charge in [-0.2, -0.15) is 0 Å². The first-order valence-corrected chi connectivity index (χ1v) is 13.8. The average molecular weight is 522 g/mol. The summed E-state index contributed by atoms with van der Waals surface area (Å²) in [5, 5.41) is 3.44. The molecule has 8 heteroatoms. The first-order chi connectivity index (χ1) is 15.0. The number of rotatable bonds is 7. The van der Waals surface area contributed by atoms with E-state index in [9.17, 15) is 8.42 Å². The van der Waals surface area contributed by atoms with Gasteiger partial charge in [-0.05, 0) is 48.2 Å². The first-order valence-electron chi connectivity index (χ1n) is 10.2. The lowest BCUT2D eigenvalue weighted by Crippen LogP contribution is -2.39. The highest BCUT2D eigenvalue weighted by molar-refractivity contribution is 9.08. The zero-order valence-electron chi connectivity index (χ0n) is 17.3. The minimum Gasteiger partial charge on any atom is -0.497 e. The van der Waals surface area contributed by atoms with Crippen LogP contribution in [0, 0.1) is 0 Å². The zero-order valence-corrected chi connectivity index (χ0v) is 20.5. The molecule has 31 heavy (non-hydrogen) atoms. The van der Waals surface area contributed by atoms with Crippen LogP contribution in [0.1, 0.15) is 29.7 Å². The van der Waals surface area contributed by atoms with Crippen molar-refractivity contribution in [3.63, 3.8) is 0 Å². The van der Waals surface area contributed by atoms with Crippen molar-refractivity contribution >= 4 is 42.2 Å². The van der Waals surface area contributed by atoms with E-state index in [1.165, 1.54) is 0 Å². The summed E-state index contributed by atoms with van der Waals surface area (Å²) in [4.78, 5) is 7.43. The number of benzene rings is 2. The van der Waals surface area contributed by atoms with E-state index >= 15 is 0 Å². The molecule has 0 unspecified atom stereocenters. The van der Waals surface area contributed by atoms with Crippen LogP contribution in [0.3, 0.4) is 0 Å². The fraction of sp³-hybridized carbons (Fsp3) is 0.348. The second kappa shape index (κ2) is 9.71. The summed E-state index contributed by atoms with van der Waals surface area (Å²) < 4.78 is 31.4. The Morgan fingerprint density at radius 1 is 1.13 bits per heavy atom. The third-order valence-electron chi connectivity index (χ3n) is 5.62. The molecule has 0 spiro atoms. The number of anilines is 1. The lowest BCUT2D eigenvalue weighted by atomic mass is 10.1. The number of hydrogen-bond donors (Lipinski definition) is 0. The summed E-state index contributed by atoms with van der Waals surface area (Å²) in [7, 11) is -1.64. The molecular formula is C23H25BrN2O3S2. The van der Waals surface area contributed by atoms with Crippen LogP contribution in [0.4, 0.5) is 5.13 Å². The molecule has 0 saturated carbocycles. The molecule has 1 aliphatic heterocycles. The Balaban J connectivity index is 1.38. The second-order valence-electron chi connectivity index (χ2n) is 7.66. The van der Waals surface area contributed by atoms with Gasteiger partial charge in [0.2, 0.25) is 0 Å². The normalized spacial score (nSPS) is 15.2. The van der Waals surface area contributed by atoms with Gasteiger partial charge >= 0.3 is 0 Å². The van der Waals surface area contributed by atoms with Crippen LogP contribution in [0.5, 0.6) is 5.75 Å². The second-order valence-corrected chi connectivity index (χ2v) is 11.3. The first kappa shape index (κ1) is 22.3. The molecule has 0 bridgehead atoms. The maximum Gasteiger partial charge on any atom is 0.185 e. The third kappa shape index (κ3) is 5.13. The van der Waals surface area contributed by atoms with Crippen LogP contribution >= 0.6 is 27.3 Å². The average Bonchev–Trinajstić information content (AvgIpc) is 3.27. The minimum atomic E-state index is -3.31. The van der Waals surface area contributed by atoms with E-state index in [1.54, 1.807) is 30.6 Å². The molecule has 1 aliphatic rings. The van der Waals surface area contributed by atoms with E-state index < -0.39 is 9.84 Å². The van der Waals surface area contributed by atoms with Crippen LogP contribution in [0.25, 0.3) is 0 Å². The summed E-state index contributed by atoms with van der Waals surface area (Å²) in [5.41, 5.74) is 3.25. The van der Waals surface area contributed by atoms with Gasteiger partial charge in [0.05, 0.1) is 22.9 Å². The number of nitrogens with zero attached hydrogens (tertiary/aromatic N) is 2. The summed E-state index contributed by atoms with van der Waals surface area (Å²) in [5.74, 6) is 0.845. The van der Waals surface area contributed by atoms with Crippen molar-refractivity contribution < 1.29 is 13.2 Å². The number of sulfone groups is 1. The Bertz CT molecular complexity index is 1120. The molecule has 5 nitrogen and oxygen atoms in total. The van der Waals surface area contributed by atoms with Crippen LogP contribution in [-0.4, -0.2) is 38.9 Å². The van der Waals surface area contributed by atoms with Crippen molar-refractivity contribution in [3.05, 3.63) is 70.7 Å². The van der Waals surface area contributed by atoms with Gasteiger partial charge in [-0.15, -0.1) is 11.3 Å². The van der Waals surface area contributed by atoms with Gasteiger partial charge < -0.3 is 9.64 Å². The van der Waals surface area contributed by atoms with E-state index in [-0.39, 0.29) is 5.25 Å². The van der Waals surface area contributed by atoms with Crippen molar-refractivity contribution in [2.24, 2.45) is 0 Å². The van der Waals surface area contributed by atoms with E-state index in [0.29, 0.717) is 30.8 Å². The van der Waals surface area contributed by atoms with E-state index in [2.05, 4.69) is 32.3 Å². The molecule has 1 saturated heterocycles. The molecule has 0 aliphatic carbocycles. The van der Waals surface area contributed by atoms with Crippen molar-refractivity contribution in [1.82, 2.24) is 4.98 Å². The third-order valence-corrected chi connectivity index (χ3v) is 9.49. The molecule has 3 aromatic rings. The predicted molar refractivity (Wildman–Crippen MR) is 129 cm³/mol. The molecule has 0 atom stereocenters. The Morgan fingerprint density at radius 2 is 1.87 bits per heavy atom. The van der Waals surface area contributed by atoms with Crippen LogP contribution < -0.4 is 9.64 Å². The quantitative estimate of drug-likeness (QED) is 0.406. The predicted octanol–water partition coefficient (Wildman–Crippen LogP) is 5.08.